The molecule has 0 aliphatic carbocycles. The number of nitrogens with zero attached hydrogens (tertiary/aromatic N) is 4. The Hall–Kier alpha value is -2.04. The largest absolute Gasteiger partial charge is 0.337 e. The van der Waals surface area contributed by atoms with Crippen LogP contribution in [0.15, 0.2) is 0 Å². The van der Waals surface area contributed by atoms with Gasteiger partial charge in [-0.1, -0.05) is 183 Å². The lowest BCUT2D eigenvalue weighted by atomic mass is 9.99. The van der Waals surface area contributed by atoms with E-state index in [0.29, 0.717) is 11.8 Å². The van der Waals surface area contributed by atoms with Gasteiger partial charge in [0.25, 0.3) is 0 Å². The molecule has 0 fully saturated rings. The lowest BCUT2D eigenvalue weighted by molar-refractivity contribution is 0.398. The molecule has 0 saturated heterocycles. The predicted octanol–water partition coefficient (Wildman–Crippen LogP) is 21.7. The zero-order valence-corrected chi connectivity index (χ0v) is 47.3. The molecule has 0 bridgehead atoms. The molecule has 0 spiro atoms. The zero-order chi connectivity index (χ0) is 46.9. The van der Waals surface area contributed by atoms with E-state index in [9.17, 15) is 0 Å². The van der Waals surface area contributed by atoms with E-state index in [0.717, 1.165) is 24.1 Å². The molecule has 2 unspecified atom stereocenters. The third kappa shape index (κ3) is 10.9. The summed E-state index contributed by atoms with van der Waals surface area (Å²) < 4.78 is 25.6. The number of benzene rings is 1. The van der Waals surface area contributed by atoms with E-state index in [1.807, 2.05) is 0 Å². The van der Waals surface area contributed by atoms with Crippen LogP contribution in [0.5, 0.6) is 0 Å². The van der Waals surface area contributed by atoms with E-state index in [1.165, 1.54) is 234 Å². The summed E-state index contributed by atoms with van der Waals surface area (Å²) in [6, 6.07) is 0. The van der Waals surface area contributed by atoms with Gasteiger partial charge in [-0.05, 0) is 75.3 Å². The highest BCUT2D eigenvalue weighted by Gasteiger charge is 2.32. The van der Waals surface area contributed by atoms with Crippen LogP contribution in [0.4, 0.5) is 0 Å². The minimum Gasteiger partial charge on any atom is -0.337 e. The number of hydrogen-bond donors (Lipinski definition) is 0. The fourth-order valence-electron chi connectivity index (χ4n) is 11.7. The maximum Gasteiger partial charge on any atom is 0.116 e. The Kier molecular flexibility index (Phi) is 19.1. The highest BCUT2D eigenvalue weighted by molar-refractivity contribution is 7.34. The summed E-state index contributed by atoms with van der Waals surface area (Å²) in [4.78, 5) is 3.09. The Labute approximate surface area is 425 Å². The van der Waals surface area contributed by atoms with Gasteiger partial charge < -0.3 is 9.13 Å². The Bertz CT molecular complexity index is 2610. The van der Waals surface area contributed by atoms with Crippen LogP contribution in [0.2, 0.25) is 0 Å². The maximum atomic E-state index is 5.32. The summed E-state index contributed by atoms with van der Waals surface area (Å²) >= 11 is 9.86. The number of fused-ring (bicyclic) bond motifs is 14. The third-order valence-electron chi connectivity index (χ3n) is 15.8. The molecule has 9 heteroatoms. The summed E-state index contributed by atoms with van der Waals surface area (Å²) in [7, 11) is 0. The van der Waals surface area contributed by atoms with Gasteiger partial charge in [0.05, 0.1) is 62.0 Å². The Morgan fingerprint density at radius 1 is 0.388 bits per heavy atom. The van der Waals surface area contributed by atoms with Crippen LogP contribution in [0.1, 0.15) is 229 Å². The molecule has 0 radical (unpaired) electrons. The molecule has 1 aromatic carbocycles. The predicted molar refractivity (Wildman–Crippen MR) is 308 cm³/mol. The Morgan fingerprint density at radius 2 is 0.746 bits per heavy atom. The average Bonchev–Trinajstić information content (AvgIpc) is 4.20. The molecule has 0 aliphatic rings. The topological polar surface area (TPSA) is 35.6 Å². The molecule has 4 nitrogen and oxygen atoms in total. The zero-order valence-electron chi connectivity index (χ0n) is 43.2. The van der Waals surface area contributed by atoms with Gasteiger partial charge in [-0.15, -0.1) is 45.3 Å². The number of hydrogen-bond acceptors (Lipinski definition) is 7. The molecule has 0 aliphatic heterocycles. The minimum atomic E-state index is 0.642. The summed E-state index contributed by atoms with van der Waals surface area (Å²) in [6.45, 7) is 21.3. The average molecular weight is 1000 g/mol. The SMILES string of the molecule is CCCCCCCCCCCc1c(C)sc2c1sc1c3c4nsnc4c4c5sc6c(CCCCCCCCCCC)c(C)sc6c5n(CC(CC)CCCC)c4c3n(CC(CC)CCCC)c21. The first-order valence-corrected chi connectivity index (χ1v) is 31.9. The fourth-order valence-corrected chi connectivity index (χ4v) is 18.0. The second-order valence-corrected chi connectivity index (χ2v) is 25.8. The molecular formula is C58H86N4S5. The van der Waals surface area contributed by atoms with E-state index >= 15 is 0 Å². The van der Waals surface area contributed by atoms with Gasteiger partial charge in [0.1, 0.15) is 11.0 Å². The molecule has 0 amide bonds. The van der Waals surface area contributed by atoms with E-state index < -0.39 is 0 Å². The summed E-state index contributed by atoms with van der Waals surface area (Å²) in [5.74, 6) is 1.28. The molecule has 67 heavy (non-hydrogen) atoms. The van der Waals surface area contributed by atoms with Gasteiger partial charge in [0, 0.05) is 33.6 Å². The van der Waals surface area contributed by atoms with Crippen molar-refractivity contribution in [3.63, 3.8) is 0 Å². The number of aromatic nitrogens is 4. The van der Waals surface area contributed by atoms with Crippen molar-refractivity contribution in [2.75, 3.05) is 0 Å². The van der Waals surface area contributed by atoms with Crippen LogP contribution < -0.4 is 0 Å². The molecule has 7 heterocycles. The standard InChI is InChI=1S/C58H86N4S5/c1-9-15-19-21-23-25-27-29-31-35-43-39(7)63-57-51-55(65-53(43)57)45-47-48(60-67-59-47)46-50(49(45)61(51)37-41(13-5)33-17-11-3)62(38-42(14-6)34-18-12-4)52-56(46)66-54-44(40(8)64-58(52)54)36-32-30-28-26-24-22-20-16-10-2/h41-42H,9-38H2,1-8H3. The van der Waals surface area contributed by atoms with Crippen molar-refractivity contribution >= 4 is 129 Å². The van der Waals surface area contributed by atoms with E-state index in [4.69, 9.17) is 8.75 Å². The second-order valence-electron chi connectivity index (χ2n) is 20.8. The monoisotopic (exact) mass is 999 g/mol. The van der Waals surface area contributed by atoms with Crippen LogP contribution >= 0.6 is 57.1 Å². The first kappa shape index (κ1) is 51.3. The molecule has 8 rings (SSSR count). The molecule has 7 aromatic heterocycles. The summed E-state index contributed by atoms with van der Waals surface area (Å²) in [5.41, 5.74) is 11.5. The number of unbranched alkanes of at least 4 members (excludes halogenated alkanes) is 18. The first-order chi connectivity index (χ1) is 32.9. The molecular weight excluding hydrogens is 913 g/mol. The van der Waals surface area contributed by atoms with Crippen LogP contribution in [0.25, 0.3) is 72.1 Å². The Balaban J connectivity index is 1.27. The van der Waals surface area contributed by atoms with Crippen molar-refractivity contribution in [3.8, 4) is 0 Å². The number of aryl methyl sites for hydroxylation is 4. The smallest absolute Gasteiger partial charge is 0.116 e. The molecule has 2 atom stereocenters. The highest BCUT2D eigenvalue weighted by atomic mass is 32.1. The molecule has 0 saturated carbocycles. The van der Waals surface area contributed by atoms with Gasteiger partial charge in [0.2, 0.25) is 0 Å². The Morgan fingerprint density at radius 3 is 1.10 bits per heavy atom. The molecule has 8 aromatic rings. The first-order valence-electron chi connectivity index (χ1n) is 27.9. The highest BCUT2D eigenvalue weighted by Crippen LogP contribution is 2.54. The number of rotatable bonds is 32. The third-order valence-corrected chi connectivity index (χ3v) is 21.4. The normalized spacial score (nSPS) is 13.6. The van der Waals surface area contributed by atoms with E-state index in [2.05, 4.69) is 110 Å². The van der Waals surface area contributed by atoms with Crippen LogP contribution in [-0.2, 0) is 25.9 Å². The van der Waals surface area contributed by atoms with Gasteiger partial charge in [-0.25, -0.2) is 0 Å². The maximum absolute atomic E-state index is 5.32. The molecule has 0 N–H and O–H groups in total. The number of thiophene rings is 4. The minimum absolute atomic E-state index is 0.642. The van der Waals surface area contributed by atoms with Crippen molar-refractivity contribution in [2.24, 2.45) is 11.8 Å². The van der Waals surface area contributed by atoms with E-state index in [-0.39, 0.29) is 0 Å². The van der Waals surface area contributed by atoms with E-state index in [1.54, 1.807) is 39.7 Å². The van der Waals surface area contributed by atoms with Crippen LogP contribution in [0, 0.1) is 25.7 Å². The van der Waals surface area contributed by atoms with Gasteiger partial charge in [-0.3, -0.25) is 0 Å². The van der Waals surface area contributed by atoms with Crippen molar-refractivity contribution < 1.29 is 0 Å². The van der Waals surface area contributed by atoms with Crippen LogP contribution in [-0.4, -0.2) is 17.9 Å². The summed E-state index contributed by atoms with van der Waals surface area (Å²) in [6.07, 6.45) is 37.4. The molecule has 368 valence electrons. The van der Waals surface area contributed by atoms with Crippen LogP contribution in [0.3, 0.4) is 0 Å². The lowest BCUT2D eigenvalue weighted by Crippen LogP contribution is -2.13. The quantitative estimate of drug-likeness (QED) is 0.0394. The van der Waals surface area contributed by atoms with Crippen molar-refractivity contribution in [1.82, 2.24) is 17.9 Å². The van der Waals surface area contributed by atoms with Crippen molar-refractivity contribution in [1.29, 1.82) is 0 Å². The fraction of sp³-hybridized carbons (Fsp3) is 0.690. The van der Waals surface area contributed by atoms with Crippen molar-refractivity contribution in [2.45, 2.75) is 248 Å². The van der Waals surface area contributed by atoms with Crippen molar-refractivity contribution in [3.05, 3.63) is 20.9 Å². The van der Waals surface area contributed by atoms with Gasteiger partial charge >= 0.3 is 0 Å². The summed E-state index contributed by atoms with van der Waals surface area (Å²) in [5, 5.41) is 2.80. The van der Waals surface area contributed by atoms with Gasteiger partial charge in [-0.2, -0.15) is 8.75 Å². The lowest BCUT2D eigenvalue weighted by Gasteiger charge is -2.20. The van der Waals surface area contributed by atoms with Gasteiger partial charge in [0.15, 0.2) is 0 Å². The second kappa shape index (κ2) is 24.9.